The van der Waals surface area contributed by atoms with E-state index in [1.54, 1.807) is 0 Å². The van der Waals surface area contributed by atoms with Crippen molar-refractivity contribution in [3.63, 3.8) is 0 Å². The Kier molecular flexibility index (Phi) is 6.02. The minimum absolute atomic E-state index is 0.0804. The van der Waals surface area contributed by atoms with Gasteiger partial charge in [-0.25, -0.2) is 0 Å². The Balaban J connectivity index is 1.67. The first-order chi connectivity index (χ1) is 14.5. The summed E-state index contributed by atoms with van der Waals surface area (Å²) >= 11 is 7.44. The Morgan fingerprint density at radius 1 is 0.967 bits per heavy atom. The lowest BCUT2D eigenvalue weighted by Gasteiger charge is -2.11. The Labute approximate surface area is 184 Å². The van der Waals surface area contributed by atoms with Crippen LogP contribution in [0, 0.1) is 13.8 Å². The zero-order valence-electron chi connectivity index (χ0n) is 16.7. The van der Waals surface area contributed by atoms with Crippen LogP contribution in [-0.2, 0) is 0 Å². The fourth-order valence-corrected chi connectivity index (χ4v) is 4.16. The number of carbonyl (C=O) groups is 1. The summed E-state index contributed by atoms with van der Waals surface area (Å²) in [6, 6.07) is 23.3. The van der Waals surface area contributed by atoms with Gasteiger partial charge in [-0.15, -0.1) is 10.2 Å². The lowest BCUT2D eigenvalue weighted by atomic mass is 10.0. The van der Waals surface area contributed by atoms with Crippen LogP contribution in [0.25, 0.3) is 17.1 Å². The molecule has 1 heterocycles. The van der Waals surface area contributed by atoms with Crippen molar-refractivity contribution in [2.45, 2.75) is 19.0 Å². The summed E-state index contributed by atoms with van der Waals surface area (Å²) in [5.41, 5.74) is 4.66. The molecule has 4 nitrogen and oxygen atoms in total. The molecule has 4 aromatic rings. The van der Waals surface area contributed by atoms with Crippen LogP contribution in [0.15, 0.2) is 78.0 Å². The number of benzene rings is 3. The number of aryl methyl sites for hydroxylation is 2. The highest BCUT2D eigenvalue weighted by Gasteiger charge is 2.18. The molecule has 0 spiro atoms. The van der Waals surface area contributed by atoms with E-state index in [4.69, 9.17) is 11.6 Å². The first-order valence-electron chi connectivity index (χ1n) is 9.53. The average Bonchev–Trinajstić information content (AvgIpc) is 3.19. The number of rotatable bonds is 6. The highest BCUT2D eigenvalue weighted by atomic mass is 35.5. The molecule has 0 aliphatic heterocycles. The van der Waals surface area contributed by atoms with Crippen LogP contribution in [0.2, 0.25) is 5.02 Å². The summed E-state index contributed by atoms with van der Waals surface area (Å²) in [4.78, 5) is 12.9. The zero-order chi connectivity index (χ0) is 21.1. The normalized spacial score (nSPS) is 10.9. The molecule has 0 radical (unpaired) electrons. The second-order valence-corrected chi connectivity index (χ2v) is 8.39. The van der Waals surface area contributed by atoms with Crippen molar-refractivity contribution >= 4 is 29.1 Å². The van der Waals surface area contributed by atoms with Crippen molar-refractivity contribution in [1.82, 2.24) is 14.8 Å². The maximum Gasteiger partial charge on any atom is 0.196 e. The third-order valence-corrected chi connectivity index (χ3v) is 5.96. The van der Waals surface area contributed by atoms with Crippen LogP contribution in [-0.4, -0.2) is 26.3 Å². The van der Waals surface area contributed by atoms with Crippen molar-refractivity contribution in [3.8, 4) is 17.1 Å². The molecule has 1 aromatic heterocycles. The standard InChI is InChI=1S/C24H20ClN3OS/c1-16-8-9-17(2)21(14-16)22(29)15-30-24-27-26-23(18-10-12-19(25)13-11-18)28(24)20-6-4-3-5-7-20/h3-14H,15H2,1-2H3. The third-order valence-electron chi connectivity index (χ3n) is 4.78. The van der Waals surface area contributed by atoms with Crippen LogP contribution in [0.4, 0.5) is 0 Å². The van der Waals surface area contributed by atoms with Gasteiger partial charge in [0.2, 0.25) is 0 Å². The molecule has 0 unspecified atom stereocenters. The number of hydrogen-bond acceptors (Lipinski definition) is 4. The van der Waals surface area contributed by atoms with E-state index >= 15 is 0 Å². The topological polar surface area (TPSA) is 47.8 Å². The maximum atomic E-state index is 12.9. The SMILES string of the molecule is Cc1ccc(C)c(C(=O)CSc2nnc(-c3ccc(Cl)cc3)n2-c2ccccc2)c1. The Morgan fingerprint density at radius 2 is 1.70 bits per heavy atom. The van der Waals surface area contributed by atoms with Gasteiger partial charge in [-0.3, -0.25) is 9.36 Å². The van der Waals surface area contributed by atoms with E-state index in [0.29, 0.717) is 16.0 Å². The minimum atomic E-state index is 0.0804. The van der Waals surface area contributed by atoms with Gasteiger partial charge in [-0.2, -0.15) is 0 Å². The van der Waals surface area contributed by atoms with E-state index < -0.39 is 0 Å². The predicted molar refractivity (Wildman–Crippen MR) is 123 cm³/mol. The molecule has 0 fully saturated rings. The summed E-state index contributed by atoms with van der Waals surface area (Å²) in [5, 5.41) is 10.1. The Hall–Kier alpha value is -2.89. The molecule has 150 valence electrons. The molecule has 0 saturated carbocycles. The van der Waals surface area contributed by atoms with Crippen molar-refractivity contribution in [2.75, 3.05) is 5.75 Å². The molecule has 0 N–H and O–H groups in total. The number of ketones is 1. The van der Waals surface area contributed by atoms with Crippen LogP contribution < -0.4 is 0 Å². The molecular weight excluding hydrogens is 414 g/mol. The second kappa shape index (κ2) is 8.86. The highest BCUT2D eigenvalue weighted by molar-refractivity contribution is 7.99. The largest absolute Gasteiger partial charge is 0.293 e. The van der Waals surface area contributed by atoms with Gasteiger partial charge in [0.05, 0.1) is 5.75 Å². The Morgan fingerprint density at radius 3 is 2.43 bits per heavy atom. The number of para-hydroxylation sites is 1. The predicted octanol–water partition coefficient (Wildman–Crippen LogP) is 6.18. The van der Waals surface area contributed by atoms with Crippen LogP contribution in [0.5, 0.6) is 0 Å². The van der Waals surface area contributed by atoms with Gasteiger partial charge in [0.15, 0.2) is 16.8 Å². The van der Waals surface area contributed by atoms with Crippen molar-refractivity contribution in [1.29, 1.82) is 0 Å². The summed E-state index contributed by atoms with van der Waals surface area (Å²) < 4.78 is 1.98. The molecule has 6 heteroatoms. The van der Waals surface area contributed by atoms with E-state index in [2.05, 4.69) is 10.2 Å². The lowest BCUT2D eigenvalue weighted by molar-refractivity contribution is 0.102. The highest BCUT2D eigenvalue weighted by Crippen LogP contribution is 2.29. The number of nitrogens with zero attached hydrogens (tertiary/aromatic N) is 3. The summed E-state index contributed by atoms with van der Waals surface area (Å²) in [6.07, 6.45) is 0. The molecular formula is C24H20ClN3OS. The molecule has 4 rings (SSSR count). The third kappa shape index (κ3) is 4.32. The molecule has 0 saturated heterocycles. The smallest absolute Gasteiger partial charge is 0.196 e. The van der Waals surface area contributed by atoms with E-state index in [1.807, 2.05) is 91.2 Å². The molecule has 0 bridgehead atoms. The molecule has 0 aliphatic carbocycles. The number of Topliss-reactive ketones (excluding diaryl/α,β-unsaturated/α-hetero) is 1. The monoisotopic (exact) mass is 433 g/mol. The number of halogens is 1. The molecule has 0 aliphatic rings. The average molecular weight is 434 g/mol. The quantitative estimate of drug-likeness (QED) is 0.269. The van der Waals surface area contributed by atoms with E-state index in [1.165, 1.54) is 11.8 Å². The van der Waals surface area contributed by atoms with Gasteiger partial charge in [-0.1, -0.05) is 59.3 Å². The van der Waals surface area contributed by atoms with Crippen molar-refractivity contribution < 1.29 is 4.79 Å². The van der Waals surface area contributed by atoms with Gasteiger partial charge in [0.1, 0.15) is 0 Å². The van der Waals surface area contributed by atoms with Crippen LogP contribution in [0.3, 0.4) is 0 Å². The van der Waals surface area contributed by atoms with E-state index in [0.717, 1.165) is 27.9 Å². The number of thioether (sulfide) groups is 1. The summed E-state index contributed by atoms with van der Waals surface area (Å²) in [7, 11) is 0. The number of hydrogen-bond donors (Lipinski definition) is 0. The Bertz CT molecular complexity index is 1190. The van der Waals surface area contributed by atoms with Gasteiger partial charge < -0.3 is 0 Å². The molecule has 3 aromatic carbocycles. The van der Waals surface area contributed by atoms with E-state index in [-0.39, 0.29) is 11.5 Å². The maximum absolute atomic E-state index is 12.9. The minimum Gasteiger partial charge on any atom is -0.293 e. The van der Waals surface area contributed by atoms with E-state index in [9.17, 15) is 4.79 Å². The summed E-state index contributed by atoms with van der Waals surface area (Å²) in [5.74, 6) is 1.08. The molecule has 0 amide bonds. The second-order valence-electron chi connectivity index (χ2n) is 7.01. The summed E-state index contributed by atoms with van der Waals surface area (Å²) in [6.45, 7) is 3.95. The van der Waals surface area contributed by atoms with Crippen molar-refractivity contribution in [3.05, 3.63) is 94.5 Å². The van der Waals surface area contributed by atoms with Crippen LogP contribution in [0.1, 0.15) is 21.5 Å². The van der Waals surface area contributed by atoms with Crippen LogP contribution >= 0.6 is 23.4 Å². The first kappa shape index (κ1) is 20.4. The fraction of sp³-hybridized carbons (Fsp3) is 0.125. The zero-order valence-corrected chi connectivity index (χ0v) is 18.2. The number of carbonyl (C=O) groups excluding carboxylic acids is 1. The van der Waals surface area contributed by atoms with Crippen molar-refractivity contribution in [2.24, 2.45) is 0 Å². The van der Waals surface area contributed by atoms with Gasteiger partial charge >= 0.3 is 0 Å². The molecule has 30 heavy (non-hydrogen) atoms. The van der Waals surface area contributed by atoms with Gasteiger partial charge in [0.25, 0.3) is 0 Å². The fourth-order valence-electron chi connectivity index (χ4n) is 3.20. The number of aromatic nitrogens is 3. The first-order valence-corrected chi connectivity index (χ1v) is 10.9. The van der Waals surface area contributed by atoms with Gasteiger partial charge in [-0.05, 0) is 61.9 Å². The van der Waals surface area contributed by atoms with Gasteiger partial charge in [0, 0.05) is 21.8 Å². The molecule has 0 atom stereocenters. The lowest BCUT2D eigenvalue weighted by Crippen LogP contribution is -2.07.